The van der Waals surface area contributed by atoms with Crippen molar-refractivity contribution in [3.05, 3.63) is 0 Å². The fourth-order valence-electron chi connectivity index (χ4n) is 1.97. The molecule has 6 nitrogen and oxygen atoms in total. The number of aliphatic hydroxyl groups is 1. The van der Waals surface area contributed by atoms with E-state index in [2.05, 4.69) is 0 Å². The van der Waals surface area contributed by atoms with Crippen molar-refractivity contribution in [3.8, 4) is 0 Å². The van der Waals surface area contributed by atoms with Crippen molar-refractivity contribution in [1.29, 1.82) is 0 Å². The number of rotatable bonds is 9. The predicted octanol–water partition coefficient (Wildman–Crippen LogP) is 0.387. The summed E-state index contributed by atoms with van der Waals surface area (Å²) in [4.78, 5) is 13.8. The fourth-order valence-corrected chi connectivity index (χ4v) is 1.97. The molecule has 112 valence electrons. The topological polar surface area (TPSA) is 68.2 Å². The highest BCUT2D eigenvalue weighted by Crippen LogP contribution is 2.18. The molecule has 1 saturated heterocycles. The number of nitrogens with zero attached hydrogens (tertiary/aromatic N) is 1. The molecule has 0 bridgehead atoms. The molecule has 0 saturated carbocycles. The summed E-state index contributed by atoms with van der Waals surface area (Å²) in [7, 11) is 0. The third-order valence-corrected chi connectivity index (χ3v) is 3.03. The standard InChI is InChI=1S/C13H25NO5/c1-3-5-14(6-4-2)12(16)7-17-9-13(8-15)10-18-11-19-13/h15H,3-11H2,1-2H3. The number of carbonyl (C=O) groups excluding carboxylic acids is 1. The fraction of sp³-hybridized carbons (Fsp3) is 0.923. The van der Waals surface area contributed by atoms with Crippen LogP contribution in [0.5, 0.6) is 0 Å². The number of hydrogen-bond acceptors (Lipinski definition) is 5. The van der Waals surface area contributed by atoms with Gasteiger partial charge in [0.15, 0.2) is 0 Å². The van der Waals surface area contributed by atoms with E-state index in [0.717, 1.165) is 25.9 Å². The molecular weight excluding hydrogens is 250 g/mol. The van der Waals surface area contributed by atoms with Gasteiger partial charge in [-0.2, -0.15) is 0 Å². The maximum Gasteiger partial charge on any atom is 0.248 e. The SMILES string of the molecule is CCCN(CCC)C(=O)COCC1(CO)COCO1. The summed E-state index contributed by atoms with van der Waals surface area (Å²) >= 11 is 0. The maximum absolute atomic E-state index is 12.0. The molecule has 1 aliphatic rings. The van der Waals surface area contributed by atoms with Crippen LogP contribution in [-0.4, -0.2) is 67.8 Å². The van der Waals surface area contributed by atoms with E-state index in [1.165, 1.54) is 0 Å². The molecule has 6 heteroatoms. The van der Waals surface area contributed by atoms with Crippen LogP contribution < -0.4 is 0 Å². The van der Waals surface area contributed by atoms with Gasteiger partial charge in [-0.1, -0.05) is 13.8 Å². The van der Waals surface area contributed by atoms with Gasteiger partial charge in [-0.25, -0.2) is 0 Å². The quantitative estimate of drug-likeness (QED) is 0.659. The first-order valence-corrected chi connectivity index (χ1v) is 6.85. The summed E-state index contributed by atoms with van der Waals surface area (Å²) < 4.78 is 15.8. The van der Waals surface area contributed by atoms with E-state index >= 15 is 0 Å². The third-order valence-electron chi connectivity index (χ3n) is 3.03. The first-order chi connectivity index (χ1) is 9.17. The number of carbonyl (C=O) groups is 1. The van der Waals surface area contributed by atoms with Gasteiger partial charge in [0.2, 0.25) is 5.91 Å². The predicted molar refractivity (Wildman–Crippen MR) is 69.7 cm³/mol. The van der Waals surface area contributed by atoms with E-state index in [0.29, 0.717) is 6.61 Å². The zero-order chi connectivity index (χ0) is 14.1. The Balaban J connectivity index is 2.32. The van der Waals surface area contributed by atoms with Crippen LogP contribution in [0.1, 0.15) is 26.7 Å². The van der Waals surface area contributed by atoms with Crippen molar-refractivity contribution in [2.75, 3.05) is 46.3 Å². The van der Waals surface area contributed by atoms with Crippen LogP contribution in [0.15, 0.2) is 0 Å². The van der Waals surface area contributed by atoms with Crippen LogP contribution in [0, 0.1) is 0 Å². The Bertz CT molecular complexity index is 260. The maximum atomic E-state index is 12.0. The Kier molecular flexibility index (Phi) is 7.30. The molecule has 1 atom stereocenters. The van der Waals surface area contributed by atoms with Gasteiger partial charge in [-0.3, -0.25) is 4.79 Å². The lowest BCUT2D eigenvalue weighted by molar-refractivity contribution is -0.141. The second-order valence-electron chi connectivity index (χ2n) is 4.83. The number of aliphatic hydroxyl groups excluding tert-OH is 1. The molecule has 1 heterocycles. The number of ether oxygens (including phenoxy) is 3. The molecule has 0 aromatic rings. The first kappa shape index (κ1) is 16.4. The average molecular weight is 275 g/mol. The molecule has 1 rings (SSSR count). The van der Waals surface area contributed by atoms with E-state index in [1.807, 2.05) is 13.8 Å². The van der Waals surface area contributed by atoms with E-state index in [1.54, 1.807) is 4.90 Å². The molecular formula is C13H25NO5. The second kappa shape index (κ2) is 8.47. The largest absolute Gasteiger partial charge is 0.393 e. The summed E-state index contributed by atoms with van der Waals surface area (Å²) in [5, 5.41) is 9.28. The van der Waals surface area contributed by atoms with Crippen LogP contribution in [0.2, 0.25) is 0 Å². The summed E-state index contributed by atoms with van der Waals surface area (Å²) in [6.45, 7) is 6.06. The summed E-state index contributed by atoms with van der Waals surface area (Å²) in [6.07, 6.45) is 1.87. The molecule has 1 aliphatic heterocycles. The lowest BCUT2D eigenvalue weighted by atomic mass is 10.1. The van der Waals surface area contributed by atoms with Gasteiger partial charge < -0.3 is 24.2 Å². The van der Waals surface area contributed by atoms with Crippen molar-refractivity contribution in [2.45, 2.75) is 32.3 Å². The number of hydrogen-bond donors (Lipinski definition) is 1. The highest BCUT2D eigenvalue weighted by atomic mass is 16.7. The molecule has 0 aromatic carbocycles. The van der Waals surface area contributed by atoms with Gasteiger partial charge in [0.1, 0.15) is 19.0 Å². The molecule has 0 aliphatic carbocycles. The zero-order valence-corrected chi connectivity index (χ0v) is 11.9. The van der Waals surface area contributed by atoms with Gasteiger partial charge >= 0.3 is 0 Å². The minimum atomic E-state index is -0.805. The van der Waals surface area contributed by atoms with Crippen molar-refractivity contribution in [3.63, 3.8) is 0 Å². The Morgan fingerprint density at radius 2 is 2.05 bits per heavy atom. The molecule has 0 aromatic heterocycles. The monoisotopic (exact) mass is 275 g/mol. The number of amides is 1. The van der Waals surface area contributed by atoms with E-state index in [9.17, 15) is 9.90 Å². The normalized spacial score (nSPS) is 22.7. The summed E-state index contributed by atoms with van der Waals surface area (Å²) in [5.41, 5.74) is -0.805. The van der Waals surface area contributed by atoms with Crippen LogP contribution in [0.25, 0.3) is 0 Å². The Hall–Kier alpha value is -0.690. The van der Waals surface area contributed by atoms with Crippen molar-refractivity contribution >= 4 is 5.91 Å². The molecule has 0 spiro atoms. The van der Waals surface area contributed by atoms with Gasteiger partial charge in [-0.15, -0.1) is 0 Å². The van der Waals surface area contributed by atoms with E-state index in [4.69, 9.17) is 14.2 Å². The molecule has 1 unspecified atom stereocenters. The van der Waals surface area contributed by atoms with Crippen LogP contribution in [0.4, 0.5) is 0 Å². The van der Waals surface area contributed by atoms with E-state index < -0.39 is 5.60 Å². The van der Waals surface area contributed by atoms with Gasteiger partial charge in [0.25, 0.3) is 0 Å². The van der Waals surface area contributed by atoms with Crippen LogP contribution in [-0.2, 0) is 19.0 Å². The highest BCUT2D eigenvalue weighted by Gasteiger charge is 2.36. The summed E-state index contributed by atoms with van der Waals surface area (Å²) in [6, 6.07) is 0. The van der Waals surface area contributed by atoms with E-state index in [-0.39, 0.29) is 32.5 Å². The molecule has 1 N–H and O–H groups in total. The Morgan fingerprint density at radius 1 is 1.37 bits per heavy atom. The van der Waals surface area contributed by atoms with Crippen LogP contribution in [0.3, 0.4) is 0 Å². The molecule has 19 heavy (non-hydrogen) atoms. The average Bonchev–Trinajstić information content (AvgIpc) is 2.88. The van der Waals surface area contributed by atoms with Crippen molar-refractivity contribution in [1.82, 2.24) is 4.90 Å². The molecule has 1 fully saturated rings. The van der Waals surface area contributed by atoms with Gasteiger partial charge in [0, 0.05) is 13.1 Å². The Labute approximate surface area is 114 Å². The van der Waals surface area contributed by atoms with Crippen LogP contribution >= 0.6 is 0 Å². The lowest BCUT2D eigenvalue weighted by Gasteiger charge is -2.25. The lowest BCUT2D eigenvalue weighted by Crippen LogP contribution is -2.43. The van der Waals surface area contributed by atoms with Crippen molar-refractivity contribution < 1.29 is 24.1 Å². The minimum absolute atomic E-state index is 0.0179. The minimum Gasteiger partial charge on any atom is -0.393 e. The third kappa shape index (κ3) is 5.06. The smallest absolute Gasteiger partial charge is 0.248 e. The summed E-state index contributed by atoms with van der Waals surface area (Å²) in [5.74, 6) is -0.0179. The first-order valence-electron chi connectivity index (χ1n) is 6.85. The second-order valence-corrected chi connectivity index (χ2v) is 4.83. The highest BCUT2D eigenvalue weighted by molar-refractivity contribution is 5.77. The molecule has 0 radical (unpaired) electrons. The Morgan fingerprint density at radius 3 is 2.53 bits per heavy atom. The van der Waals surface area contributed by atoms with Gasteiger partial charge in [0.05, 0.1) is 19.8 Å². The van der Waals surface area contributed by atoms with Crippen molar-refractivity contribution in [2.24, 2.45) is 0 Å². The zero-order valence-electron chi connectivity index (χ0n) is 11.9. The van der Waals surface area contributed by atoms with Gasteiger partial charge in [-0.05, 0) is 12.8 Å². The molecule has 1 amide bonds.